The molecule has 114 valence electrons. The molecule has 0 unspecified atom stereocenters. The number of hydrogen-bond acceptors (Lipinski definition) is 3. The Morgan fingerprint density at radius 3 is 2.27 bits per heavy atom. The van der Waals surface area contributed by atoms with Gasteiger partial charge in [-0.15, -0.1) is 0 Å². The number of rotatable bonds is 6. The molecule has 22 heavy (non-hydrogen) atoms. The predicted molar refractivity (Wildman–Crippen MR) is 84.9 cm³/mol. The molecule has 0 saturated heterocycles. The van der Waals surface area contributed by atoms with Gasteiger partial charge in [-0.1, -0.05) is 28.1 Å². The number of carbonyl (C=O) groups excluding carboxylic acids is 1. The summed E-state index contributed by atoms with van der Waals surface area (Å²) in [6.07, 6.45) is 0. The Bertz CT molecular complexity index is 653. The van der Waals surface area contributed by atoms with Gasteiger partial charge in [0.05, 0.1) is 5.56 Å². The zero-order valence-electron chi connectivity index (χ0n) is 11.6. The van der Waals surface area contributed by atoms with Crippen molar-refractivity contribution in [1.82, 2.24) is 5.32 Å². The third kappa shape index (κ3) is 4.89. The lowest BCUT2D eigenvalue weighted by Gasteiger charge is -2.08. The van der Waals surface area contributed by atoms with Crippen LogP contribution in [0.5, 0.6) is 5.75 Å². The molecule has 0 aliphatic carbocycles. The van der Waals surface area contributed by atoms with Gasteiger partial charge in [0.1, 0.15) is 5.75 Å². The third-order valence-corrected chi connectivity index (χ3v) is 3.40. The molecule has 2 aromatic carbocycles. The second-order valence-electron chi connectivity index (χ2n) is 4.52. The van der Waals surface area contributed by atoms with Gasteiger partial charge in [0, 0.05) is 11.0 Å². The van der Waals surface area contributed by atoms with Crippen molar-refractivity contribution in [2.45, 2.75) is 6.54 Å². The highest BCUT2D eigenvalue weighted by Crippen LogP contribution is 2.15. The molecule has 5 nitrogen and oxygen atoms in total. The molecule has 0 aliphatic rings. The Hall–Kier alpha value is -2.34. The number of aromatic carboxylic acids is 1. The summed E-state index contributed by atoms with van der Waals surface area (Å²) in [5.41, 5.74) is 1.04. The van der Waals surface area contributed by atoms with Gasteiger partial charge in [0.2, 0.25) is 0 Å². The second kappa shape index (κ2) is 7.61. The topological polar surface area (TPSA) is 75.6 Å². The monoisotopic (exact) mass is 363 g/mol. The molecule has 0 fully saturated rings. The first-order chi connectivity index (χ1) is 10.5. The third-order valence-electron chi connectivity index (χ3n) is 2.87. The van der Waals surface area contributed by atoms with Gasteiger partial charge in [-0.05, 0) is 42.0 Å². The van der Waals surface area contributed by atoms with Crippen molar-refractivity contribution in [1.29, 1.82) is 0 Å². The largest absolute Gasteiger partial charge is 0.484 e. The van der Waals surface area contributed by atoms with E-state index in [4.69, 9.17) is 9.84 Å². The molecule has 1 amide bonds. The van der Waals surface area contributed by atoms with Crippen LogP contribution in [0.25, 0.3) is 0 Å². The smallest absolute Gasteiger partial charge is 0.335 e. The lowest BCUT2D eigenvalue weighted by atomic mass is 10.1. The van der Waals surface area contributed by atoms with Crippen LogP contribution in [-0.2, 0) is 11.3 Å². The van der Waals surface area contributed by atoms with Crippen molar-refractivity contribution in [3.63, 3.8) is 0 Å². The zero-order chi connectivity index (χ0) is 15.9. The van der Waals surface area contributed by atoms with Gasteiger partial charge in [-0.3, -0.25) is 4.79 Å². The lowest BCUT2D eigenvalue weighted by Crippen LogP contribution is -2.28. The summed E-state index contributed by atoms with van der Waals surface area (Å²) in [7, 11) is 0. The van der Waals surface area contributed by atoms with E-state index in [2.05, 4.69) is 21.2 Å². The Kier molecular flexibility index (Phi) is 5.55. The average molecular weight is 364 g/mol. The predicted octanol–water partition coefficient (Wildman–Crippen LogP) is 2.84. The van der Waals surface area contributed by atoms with E-state index in [0.717, 1.165) is 10.0 Å². The molecule has 0 aliphatic heterocycles. The Balaban J connectivity index is 1.77. The molecule has 0 spiro atoms. The first kappa shape index (κ1) is 16.0. The van der Waals surface area contributed by atoms with Gasteiger partial charge in [0.25, 0.3) is 5.91 Å². The quantitative estimate of drug-likeness (QED) is 0.827. The van der Waals surface area contributed by atoms with Crippen LogP contribution in [0.15, 0.2) is 53.0 Å². The number of amides is 1. The SMILES string of the molecule is O=C(COc1ccc(Br)cc1)NCc1ccc(C(=O)O)cc1. The number of carbonyl (C=O) groups is 2. The molecule has 0 atom stereocenters. The van der Waals surface area contributed by atoms with Crippen LogP contribution in [0.1, 0.15) is 15.9 Å². The number of carboxylic acid groups (broad SMARTS) is 1. The molecule has 0 aromatic heterocycles. The van der Waals surface area contributed by atoms with Crippen molar-refractivity contribution in [2.24, 2.45) is 0 Å². The van der Waals surface area contributed by atoms with Crippen molar-refractivity contribution < 1.29 is 19.4 Å². The molecule has 0 bridgehead atoms. The Labute approximate surface area is 136 Å². The van der Waals surface area contributed by atoms with Crippen LogP contribution in [0.2, 0.25) is 0 Å². The number of halogens is 1. The Morgan fingerprint density at radius 2 is 1.68 bits per heavy atom. The minimum atomic E-state index is -0.974. The molecule has 6 heteroatoms. The maximum absolute atomic E-state index is 11.7. The van der Waals surface area contributed by atoms with Crippen LogP contribution in [0.3, 0.4) is 0 Å². The van der Waals surface area contributed by atoms with E-state index in [9.17, 15) is 9.59 Å². The number of nitrogens with one attached hydrogen (secondary N) is 1. The van der Waals surface area contributed by atoms with Crippen molar-refractivity contribution in [3.05, 3.63) is 64.1 Å². The maximum atomic E-state index is 11.7. The van der Waals surface area contributed by atoms with Gasteiger partial charge < -0.3 is 15.2 Å². The van der Waals surface area contributed by atoms with Crippen LogP contribution in [-0.4, -0.2) is 23.6 Å². The Morgan fingerprint density at radius 1 is 1.05 bits per heavy atom. The molecule has 0 saturated carbocycles. The van der Waals surface area contributed by atoms with E-state index in [1.165, 1.54) is 12.1 Å². The summed E-state index contributed by atoms with van der Waals surface area (Å²) in [5, 5.41) is 11.5. The molecular formula is C16H14BrNO4. The molecular weight excluding hydrogens is 350 g/mol. The summed E-state index contributed by atoms with van der Waals surface area (Å²) in [4.78, 5) is 22.4. The standard InChI is InChI=1S/C16H14BrNO4/c17-13-5-7-14(8-6-13)22-10-15(19)18-9-11-1-3-12(4-2-11)16(20)21/h1-8H,9-10H2,(H,18,19)(H,20,21). The van der Waals surface area contributed by atoms with Crippen LogP contribution >= 0.6 is 15.9 Å². The minimum absolute atomic E-state index is 0.0746. The highest BCUT2D eigenvalue weighted by atomic mass is 79.9. The van der Waals surface area contributed by atoms with E-state index >= 15 is 0 Å². The molecule has 2 N–H and O–H groups in total. The number of hydrogen-bond donors (Lipinski definition) is 2. The maximum Gasteiger partial charge on any atom is 0.335 e. The molecule has 2 rings (SSSR count). The molecule has 0 radical (unpaired) electrons. The van der Waals surface area contributed by atoms with Crippen LogP contribution in [0, 0.1) is 0 Å². The first-order valence-corrected chi connectivity index (χ1v) is 7.31. The van der Waals surface area contributed by atoms with Crippen molar-refractivity contribution in [2.75, 3.05) is 6.61 Å². The van der Waals surface area contributed by atoms with E-state index < -0.39 is 5.97 Å². The summed E-state index contributed by atoms with van der Waals surface area (Å²) in [6, 6.07) is 13.5. The first-order valence-electron chi connectivity index (χ1n) is 6.52. The fourth-order valence-electron chi connectivity index (χ4n) is 1.70. The van der Waals surface area contributed by atoms with Gasteiger partial charge in [-0.2, -0.15) is 0 Å². The fraction of sp³-hybridized carbons (Fsp3) is 0.125. The fourth-order valence-corrected chi connectivity index (χ4v) is 1.96. The molecule has 2 aromatic rings. The lowest BCUT2D eigenvalue weighted by molar-refractivity contribution is -0.123. The van der Waals surface area contributed by atoms with Gasteiger partial charge in [0.15, 0.2) is 6.61 Å². The highest BCUT2D eigenvalue weighted by Gasteiger charge is 2.05. The van der Waals surface area contributed by atoms with Crippen molar-refractivity contribution in [3.8, 4) is 5.75 Å². The van der Waals surface area contributed by atoms with E-state index in [-0.39, 0.29) is 18.1 Å². The van der Waals surface area contributed by atoms with E-state index in [0.29, 0.717) is 12.3 Å². The normalized spacial score (nSPS) is 10.0. The zero-order valence-corrected chi connectivity index (χ0v) is 13.2. The van der Waals surface area contributed by atoms with Gasteiger partial charge in [-0.25, -0.2) is 4.79 Å². The van der Waals surface area contributed by atoms with Crippen LogP contribution < -0.4 is 10.1 Å². The van der Waals surface area contributed by atoms with Crippen LogP contribution in [0.4, 0.5) is 0 Å². The average Bonchev–Trinajstić information content (AvgIpc) is 2.52. The van der Waals surface area contributed by atoms with Crippen molar-refractivity contribution >= 4 is 27.8 Å². The summed E-state index contributed by atoms with van der Waals surface area (Å²) < 4.78 is 6.29. The number of benzene rings is 2. The minimum Gasteiger partial charge on any atom is -0.484 e. The summed E-state index contributed by atoms with van der Waals surface area (Å²) in [5.74, 6) is -0.604. The molecule has 0 heterocycles. The second-order valence-corrected chi connectivity index (χ2v) is 5.44. The highest BCUT2D eigenvalue weighted by molar-refractivity contribution is 9.10. The number of ether oxygens (including phenoxy) is 1. The number of carboxylic acids is 1. The van der Waals surface area contributed by atoms with E-state index in [1.807, 2.05) is 12.1 Å². The summed E-state index contributed by atoms with van der Waals surface area (Å²) >= 11 is 3.32. The van der Waals surface area contributed by atoms with Gasteiger partial charge >= 0.3 is 5.97 Å². The van der Waals surface area contributed by atoms with E-state index in [1.54, 1.807) is 24.3 Å². The summed E-state index contributed by atoms with van der Waals surface area (Å²) in [6.45, 7) is 0.247.